The molecule has 0 aliphatic carbocycles. The van der Waals surface area contributed by atoms with Crippen molar-refractivity contribution in [1.82, 2.24) is 4.90 Å². The fourth-order valence-corrected chi connectivity index (χ4v) is 1.17. The van der Waals surface area contributed by atoms with Crippen LogP contribution in [0, 0.1) is 0 Å². The third kappa shape index (κ3) is 3.66. The fraction of sp³-hybridized carbons (Fsp3) is 0.455. The molecule has 1 aromatic rings. The molecule has 0 saturated carbocycles. The maximum Gasteiger partial charge on any atom is 0.142 e. The largest absolute Gasteiger partial charge is 0.491 e. The van der Waals surface area contributed by atoms with E-state index in [2.05, 4.69) is 19.0 Å². The van der Waals surface area contributed by atoms with Crippen molar-refractivity contribution in [2.45, 2.75) is 6.42 Å². The summed E-state index contributed by atoms with van der Waals surface area (Å²) in [7, 11) is 4.10. The van der Waals surface area contributed by atoms with Gasteiger partial charge >= 0.3 is 0 Å². The fourth-order valence-electron chi connectivity index (χ4n) is 1.17. The molecular weight excluding hydrogens is 176 g/mol. The minimum Gasteiger partial charge on any atom is -0.491 e. The number of nitrogen functional groups attached to an aromatic ring is 1. The average molecular weight is 194 g/mol. The van der Waals surface area contributed by atoms with Gasteiger partial charge in [0.25, 0.3) is 0 Å². The molecule has 0 aliphatic heterocycles. The van der Waals surface area contributed by atoms with E-state index in [0.29, 0.717) is 12.3 Å². The first kappa shape index (κ1) is 10.9. The van der Waals surface area contributed by atoms with E-state index >= 15 is 0 Å². The summed E-state index contributed by atoms with van der Waals surface area (Å²) >= 11 is 0. The van der Waals surface area contributed by atoms with Crippen LogP contribution in [0.3, 0.4) is 0 Å². The zero-order chi connectivity index (χ0) is 10.4. The first-order valence-electron chi connectivity index (χ1n) is 4.82. The van der Waals surface area contributed by atoms with Crippen LogP contribution >= 0.6 is 0 Å². The molecule has 0 amide bonds. The second-order valence-electron chi connectivity index (χ2n) is 3.54. The second-order valence-corrected chi connectivity index (χ2v) is 3.54. The van der Waals surface area contributed by atoms with Gasteiger partial charge < -0.3 is 15.4 Å². The molecule has 0 fully saturated rings. The first-order valence-corrected chi connectivity index (χ1v) is 4.82. The van der Waals surface area contributed by atoms with E-state index in [-0.39, 0.29) is 0 Å². The monoisotopic (exact) mass is 194 g/mol. The van der Waals surface area contributed by atoms with Gasteiger partial charge in [-0.1, -0.05) is 12.1 Å². The van der Waals surface area contributed by atoms with Gasteiger partial charge in [0.1, 0.15) is 5.75 Å². The molecule has 3 heteroatoms. The molecule has 1 rings (SSSR count). The number of benzene rings is 1. The Morgan fingerprint density at radius 2 is 2.00 bits per heavy atom. The van der Waals surface area contributed by atoms with Crippen LogP contribution in [0.15, 0.2) is 24.3 Å². The van der Waals surface area contributed by atoms with Crippen LogP contribution in [0.4, 0.5) is 5.69 Å². The molecule has 0 heterocycles. The van der Waals surface area contributed by atoms with Crippen LogP contribution in [0.25, 0.3) is 0 Å². The minimum absolute atomic E-state index is 0.706. The smallest absolute Gasteiger partial charge is 0.142 e. The number of nitrogens with two attached hydrogens (primary N) is 1. The normalized spacial score (nSPS) is 10.5. The Hall–Kier alpha value is -1.22. The van der Waals surface area contributed by atoms with E-state index in [0.717, 1.165) is 18.7 Å². The zero-order valence-electron chi connectivity index (χ0n) is 8.86. The molecule has 0 saturated heterocycles. The van der Waals surface area contributed by atoms with Crippen molar-refractivity contribution in [3.05, 3.63) is 24.3 Å². The van der Waals surface area contributed by atoms with E-state index in [4.69, 9.17) is 10.5 Å². The van der Waals surface area contributed by atoms with E-state index < -0.39 is 0 Å². The minimum atomic E-state index is 0.706. The molecule has 0 atom stereocenters. The topological polar surface area (TPSA) is 38.5 Å². The van der Waals surface area contributed by atoms with Gasteiger partial charge in [-0.05, 0) is 32.6 Å². The molecule has 14 heavy (non-hydrogen) atoms. The summed E-state index contributed by atoms with van der Waals surface area (Å²) in [5, 5.41) is 0. The Balaban J connectivity index is 2.28. The van der Waals surface area contributed by atoms with Crippen molar-refractivity contribution in [3.63, 3.8) is 0 Å². The highest BCUT2D eigenvalue weighted by atomic mass is 16.5. The summed E-state index contributed by atoms with van der Waals surface area (Å²) in [5.74, 6) is 0.784. The number of hydrogen-bond donors (Lipinski definition) is 1. The second kappa shape index (κ2) is 5.50. The van der Waals surface area contributed by atoms with Crippen LogP contribution in [-0.4, -0.2) is 32.1 Å². The van der Waals surface area contributed by atoms with Crippen LogP contribution in [-0.2, 0) is 0 Å². The van der Waals surface area contributed by atoms with Crippen molar-refractivity contribution in [2.75, 3.05) is 33.0 Å². The van der Waals surface area contributed by atoms with E-state index in [1.54, 1.807) is 0 Å². The Bertz CT molecular complexity index is 274. The lowest BCUT2D eigenvalue weighted by atomic mass is 10.3. The van der Waals surface area contributed by atoms with Crippen molar-refractivity contribution >= 4 is 5.69 Å². The first-order chi connectivity index (χ1) is 6.70. The molecule has 1 aromatic carbocycles. The Morgan fingerprint density at radius 1 is 1.29 bits per heavy atom. The lowest BCUT2D eigenvalue weighted by Crippen LogP contribution is -2.15. The quantitative estimate of drug-likeness (QED) is 0.571. The van der Waals surface area contributed by atoms with Gasteiger partial charge in [-0.15, -0.1) is 0 Å². The third-order valence-electron chi connectivity index (χ3n) is 1.93. The van der Waals surface area contributed by atoms with Gasteiger partial charge in [0, 0.05) is 6.54 Å². The molecule has 0 unspecified atom stereocenters. The van der Waals surface area contributed by atoms with Gasteiger partial charge in [-0.3, -0.25) is 0 Å². The van der Waals surface area contributed by atoms with E-state index in [1.807, 2.05) is 24.3 Å². The average Bonchev–Trinajstić information content (AvgIpc) is 2.15. The standard InChI is InChI=1S/C11H18N2O/c1-13(2)8-5-9-14-11-7-4-3-6-10(11)12/h3-4,6-7H,5,8-9,12H2,1-2H3. The van der Waals surface area contributed by atoms with Gasteiger partial charge in [0.15, 0.2) is 0 Å². The molecule has 0 aliphatic rings. The number of hydrogen-bond acceptors (Lipinski definition) is 3. The predicted molar refractivity (Wildman–Crippen MR) is 59.5 cm³/mol. The Labute approximate surface area is 85.5 Å². The van der Waals surface area contributed by atoms with Gasteiger partial charge in [-0.2, -0.15) is 0 Å². The Kier molecular flexibility index (Phi) is 4.26. The summed E-state index contributed by atoms with van der Waals surface area (Å²) < 4.78 is 5.54. The Morgan fingerprint density at radius 3 is 2.64 bits per heavy atom. The SMILES string of the molecule is CN(C)CCCOc1ccccc1N. The summed E-state index contributed by atoms with van der Waals surface area (Å²) in [6.07, 6.45) is 1.02. The van der Waals surface area contributed by atoms with Crippen molar-refractivity contribution in [2.24, 2.45) is 0 Å². The van der Waals surface area contributed by atoms with Gasteiger partial charge in [0.05, 0.1) is 12.3 Å². The predicted octanol–water partition coefficient (Wildman–Crippen LogP) is 1.60. The van der Waals surface area contributed by atoms with Crippen LogP contribution < -0.4 is 10.5 Å². The number of nitrogens with zero attached hydrogens (tertiary/aromatic N) is 1. The van der Waals surface area contributed by atoms with E-state index in [1.165, 1.54) is 0 Å². The highest BCUT2D eigenvalue weighted by Crippen LogP contribution is 2.19. The summed E-state index contributed by atoms with van der Waals surface area (Å²) in [6.45, 7) is 1.75. The molecule has 0 radical (unpaired) electrons. The molecule has 78 valence electrons. The van der Waals surface area contributed by atoms with Crippen molar-refractivity contribution in [3.8, 4) is 5.75 Å². The number of ether oxygens (including phenoxy) is 1. The zero-order valence-corrected chi connectivity index (χ0v) is 8.86. The number of anilines is 1. The van der Waals surface area contributed by atoms with Crippen molar-refractivity contribution in [1.29, 1.82) is 0 Å². The van der Waals surface area contributed by atoms with E-state index in [9.17, 15) is 0 Å². The molecule has 3 nitrogen and oxygen atoms in total. The molecule has 2 N–H and O–H groups in total. The maximum atomic E-state index is 5.73. The summed E-state index contributed by atoms with van der Waals surface area (Å²) in [6, 6.07) is 7.58. The van der Waals surface area contributed by atoms with Gasteiger partial charge in [0.2, 0.25) is 0 Å². The number of rotatable bonds is 5. The molecule has 0 spiro atoms. The van der Waals surface area contributed by atoms with Crippen LogP contribution in [0.1, 0.15) is 6.42 Å². The lowest BCUT2D eigenvalue weighted by Gasteiger charge is -2.11. The molecular formula is C11H18N2O. The molecule has 0 bridgehead atoms. The molecule has 0 aromatic heterocycles. The summed E-state index contributed by atoms with van der Waals surface area (Å²) in [5.41, 5.74) is 6.43. The van der Waals surface area contributed by atoms with Crippen molar-refractivity contribution < 1.29 is 4.74 Å². The van der Waals surface area contributed by atoms with Gasteiger partial charge in [-0.25, -0.2) is 0 Å². The highest BCUT2D eigenvalue weighted by Gasteiger charge is 1.97. The lowest BCUT2D eigenvalue weighted by molar-refractivity contribution is 0.283. The highest BCUT2D eigenvalue weighted by molar-refractivity contribution is 5.51. The third-order valence-corrected chi connectivity index (χ3v) is 1.93. The maximum absolute atomic E-state index is 5.73. The van der Waals surface area contributed by atoms with Crippen LogP contribution in [0.2, 0.25) is 0 Å². The number of para-hydroxylation sites is 2. The van der Waals surface area contributed by atoms with Crippen LogP contribution in [0.5, 0.6) is 5.75 Å². The summed E-state index contributed by atoms with van der Waals surface area (Å²) in [4.78, 5) is 2.14.